The molecule has 0 heteroatoms. The highest BCUT2D eigenvalue weighted by Crippen LogP contribution is 2.95. The lowest BCUT2D eigenvalue weighted by Crippen LogP contribution is -2.82. The Labute approximate surface area is 479 Å². The summed E-state index contributed by atoms with van der Waals surface area (Å²) in [5, 5.41) is 2.95. The van der Waals surface area contributed by atoms with E-state index in [1.165, 1.54) is 111 Å². The van der Waals surface area contributed by atoms with Crippen LogP contribution in [-0.2, 0) is 12.8 Å². The number of rotatable bonds is 12. The third kappa shape index (κ3) is 7.26. The quantitative estimate of drug-likeness (QED) is 0.117. The normalized spacial score (nSPS) is 29.6. The molecule has 12 atom stereocenters. The molecule has 78 heavy (non-hydrogen) atoms. The molecule has 4 aliphatic rings. The van der Waals surface area contributed by atoms with Gasteiger partial charge in [-0.05, 0) is 392 Å². The molecule has 0 aromatic heterocycles. The zero-order valence-electron chi connectivity index (χ0n) is 55.8. The molecule has 422 valence electrons. The predicted octanol–water partition coefficient (Wildman–Crippen LogP) is 22.0. The van der Waals surface area contributed by atoms with Gasteiger partial charge in [0.05, 0.1) is 0 Å². The van der Waals surface area contributed by atoms with E-state index in [4.69, 9.17) is 6.58 Å². The molecule has 12 unspecified atom stereocenters. The van der Waals surface area contributed by atoms with Crippen molar-refractivity contribution in [2.45, 2.75) is 257 Å². The Balaban J connectivity index is 1.03. The molecule has 0 heterocycles. The first-order chi connectivity index (χ1) is 36.1. The second-order valence-corrected chi connectivity index (χ2v) is 29.5. The van der Waals surface area contributed by atoms with Gasteiger partial charge in [-0.25, -0.2) is 0 Å². The van der Waals surface area contributed by atoms with E-state index in [0.717, 1.165) is 48.9 Å². The Kier molecular flexibility index (Phi) is 14.6. The monoisotopic (exact) mass is 1050 g/mol. The van der Waals surface area contributed by atoms with E-state index in [0.29, 0.717) is 57.7 Å². The maximum Gasteiger partial charge on any atom is -0.00199 e. The van der Waals surface area contributed by atoms with Gasteiger partial charge in [0.15, 0.2) is 0 Å². The molecule has 0 amide bonds. The third-order valence-corrected chi connectivity index (χ3v) is 27.1. The molecule has 0 saturated heterocycles. The third-order valence-electron chi connectivity index (χ3n) is 27.1. The molecule has 0 bridgehead atoms. The van der Waals surface area contributed by atoms with Crippen LogP contribution < -0.4 is 0 Å². The topological polar surface area (TPSA) is 0 Å². The van der Waals surface area contributed by atoms with Gasteiger partial charge >= 0.3 is 0 Å². The zero-order valence-corrected chi connectivity index (χ0v) is 55.8. The van der Waals surface area contributed by atoms with Crippen molar-refractivity contribution in [2.75, 3.05) is 0 Å². The van der Waals surface area contributed by atoms with Crippen molar-refractivity contribution in [1.29, 1.82) is 0 Å². The lowest BCUT2D eigenvalue weighted by atomic mass is 9.18. The highest BCUT2D eigenvalue weighted by atomic mass is 14.9. The fourth-order valence-corrected chi connectivity index (χ4v) is 22.9. The molecule has 0 aliphatic heterocycles. The fraction of sp³-hybridized carbons (Fsp3) is 0.615. The van der Waals surface area contributed by atoms with Crippen molar-refractivity contribution in [3.05, 3.63) is 151 Å². The van der Waals surface area contributed by atoms with Crippen LogP contribution in [0.15, 0.2) is 6.58 Å². The molecule has 0 nitrogen and oxygen atoms in total. The minimum absolute atomic E-state index is 0.331. The van der Waals surface area contributed by atoms with Crippen LogP contribution in [0.5, 0.6) is 0 Å². The summed E-state index contributed by atoms with van der Waals surface area (Å²) < 4.78 is 0. The number of aryl methyl sites for hydroxylation is 4. The van der Waals surface area contributed by atoms with Gasteiger partial charge in [0.25, 0.3) is 0 Å². The van der Waals surface area contributed by atoms with Crippen LogP contribution in [0.1, 0.15) is 264 Å². The average Bonchev–Trinajstić information content (AvgIpc) is 3.67. The fourth-order valence-electron chi connectivity index (χ4n) is 22.9. The molecule has 5 aromatic rings. The summed E-state index contributed by atoms with van der Waals surface area (Å²) in [4.78, 5) is 0. The highest BCUT2D eigenvalue weighted by Gasteiger charge is 2.91. The number of allylic oxidation sites excluding steroid dienone is 1. The molecule has 4 saturated carbocycles. The van der Waals surface area contributed by atoms with Gasteiger partial charge in [0.1, 0.15) is 0 Å². The number of benzene rings is 5. The number of hydrogen-bond acceptors (Lipinski definition) is 0. The van der Waals surface area contributed by atoms with Crippen LogP contribution in [0.25, 0.3) is 16.3 Å². The minimum Gasteiger partial charge on any atom is -0.0949 e. The summed E-state index contributed by atoms with van der Waals surface area (Å²) in [6, 6.07) is 0. The summed E-state index contributed by atoms with van der Waals surface area (Å²) >= 11 is 0. The maximum atomic E-state index is 5.00. The Hall–Kier alpha value is -3.90. The van der Waals surface area contributed by atoms with Crippen molar-refractivity contribution >= 4 is 16.3 Å². The van der Waals surface area contributed by atoms with Crippen LogP contribution in [0.3, 0.4) is 0 Å². The summed E-state index contributed by atoms with van der Waals surface area (Å²) in [7, 11) is 0. The van der Waals surface area contributed by atoms with Crippen molar-refractivity contribution in [3.63, 3.8) is 0 Å². The molecule has 0 N–H and O–H groups in total. The maximum absolute atomic E-state index is 5.00. The lowest BCUT2D eigenvalue weighted by Gasteiger charge is -2.86. The van der Waals surface area contributed by atoms with Gasteiger partial charge in [-0.2, -0.15) is 0 Å². The first-order valence-electron chi connectivity index (χ1n) is 31.6. The van der Waals surface area contributed by atoms with Gasteiger partial charge in [-0.3, -0.25) is 0 Å². The van der Waals surface area contributed by atoms with Gasteiger partial charge in [0.2, 0.25) is 0 Å². The summed E-state index contributed by atoms with van der Waals surface area (Å²) in [5.74, 6) is 7.80. The Bertz CT molecular complexity index is 3280. The van der Waals surface area contributed by atoms with E-state index in [-0.39, 0.29) is 0 Å². The van der Waals surface area contributed by atoms with E-state index in [2.05, 4.69) is 208 Å². The molecule has 4 fully saturated rings. The van der Waals surface area contributed by atoms with Gasteiger partial charge in [-0.1, -0.05) is 89.7 Å². The molecule has 9 rings (SSSR count). The second-order valence-electron chi connectivity index (χ2n) is 29.5. The average molecular weight is 1050 g/mol. The van der Waals surface area contributed by atoms with Crippen LogP contribution in [0, 0.1) is 182 Å². The van der Waals surface area contributed by atoms with E-state index in [1.807, 2.05) is 0 Å². The number of fused-ring (bicyclic) bond motifs is 3. The standard InChI is InChI=1S/C78H110/c1-32-35(2)64-47(14)54(21)70-55(22)63(41(8)46(13)71(70)57(64)24)34-37(4)66-42(9)38(5)43(10)68(56(66)23)51(18)50(17)67-44(11)39(6)62(40(7)45(67)12)33-36(3)65-48(15)52(19)69(53(20)49(65)16)72-58(25)73-76(29)60(27)61(28)77(30)74(59(72)26)78(73,31)75(76)77/h35-36,50-51,58-61,72-75H,4,32-34H2,1-3,5-31H3. The molecular weight excluding hydrogens is 937 g/mol. The van der Waals surface area contributed by atoms with Gasteiger partial charge < -0.3 is 0 Å². The Morgan fingerprint density at radius 3 is 1.27 bits per heavy atom. The lowest BCUT2D eigenvalue weighted by molar-refractivity contribution is -0.388. The minimum atomic E-state index is 0.331. The van der Waals surface area contributed by atoms with Gasteiger partial charge in [0, 0.05) is 0 Å². The molecule has 0 radical (unpaired) electrons. The van der Waals surface area contributed by atoms with E-state index in [1.54, 1.807) is 50.1 Å². The first kappa shape index (κ1) is 58.7. The van der Waals surface area contributed by atoms with Crippen LogP contribution in [0.4, 0.5) is 0 Å². The Morgan fingerprint density at radius 1 is 0.410 bits per heavy atom. The first-order valence-corrected chi connectivity index (χ1v) is 31.6. The SMILES string of the molecule is C=C(Cc1c(C)c(C)c2c(C)c(C(C)CC)c(C)c(C)c2c1C)c1c(C)c(C)c(C)c(C(C)C(C)c2c(C)c(C)c(CC(C)c3c(C)c(C)c(C4C(C)C5C6(C)C(C)C(C)C7(C)C(C4C)C5(C)C67)c(C)c3C)c(C)c2C)c1C. The molecule has 4 aliphatic carbocycles. The van der Waals surface area contributed by atoms with Crippen LogP contribution in [-0.4, -0.2) is 0 Å². The Morgan fingerprint density at radius 2 is 0.795 bits per heavy atom. The van der Waals surface area contributed by atoms with Crippen molar-refractivity contribution in [1.82, 2.24) is 0 Å². The summed E-state index contributed by atoms with van der Waals surface area (Å²) in [6.45, 7) is 79.9. The molecular formula is C78H110. The van der Waals surface area contributed by atoms with Crippen LogP contribution in [0.2, 0.25) is 0 Å². The number of hydrogen-bond donors (Lipinski definition) is 0. The van der Waals surface area contributed by atoms with Crippen molar-refractivity contribution in [2.24, 2.45) is 57.7 Å². The highest BCUT2D eigenvalue weighted by molar-refractivity contribution is 5.98. The molecule has 5 aromatic carbocycles. The van der Waals surface area contributed by atoms with Crippen LogP contribution >= 0.6 is 0 Å². The van der Waals surface area contributed by atoms with Crippen molar-refractivity contribution in [3.8, 4) is 0 Å². The summed E-state index contributed by atoms with van der Waals surface area (Å²) in [5.41, 5.74) is 41.8. The predicted molar refractivity (Wildman–Crippen MR) is 343 cm³/mol. The van der Waals surface area contributed by atoms with E-state index >= 15 is 0 Å². The van der Waals surface area contributed by atoms with E-state index in [9.17, 15) is 0 Å². The second kappa shape index (κ2) is 19.4. The summed E-state index contributed by atoms with van der Waals surface area (Å²) in [6.07, 6.45) is 3.10. The van der Waals surface area contributed by atoms with Gasteiger partial charge in [-0.15, -0.1) is 0 Å². The molecule has 0 spiro atoms. The zero-order chi connectivity index (χ0) is 58.3. The van der Waals surface area contributed by atoms with Crippen molar-refractivity contribution < 1.29 is 0 Å². The largest absolute Gasteiger partial charge is 0.0949 e. The smallest absolute Gasteiger partial charge is 0.00199 e. The van der Waals surface area contributed by atoms with E-state index < -0.39 is 0 Å².